The summed E-state index contributed by atoms with van der Waals surface area (Å²) in [4.78, 5) is 17.0. The average molecular weight is 334 g/mol. The second-order valence-corrected chi connectivity index (χ2v) is 7.35. The van der Waals surface area contributed by atoms with E-state index in [0.29, 0.717) is 13.0 Å². The summed E-state index contributed by atoms with van der Waals surface area (Å²) in [6, 6.07) is 10.4. The Labute approximate surface area is 143 Å². The molecular weight excluding hydrogens is 308 g/mol. The lowest BCUT2D eigenvalue weighted by molar-refractivity contribution is -0.131. The molecule has 1 amide bonds. The lowest BCUT2D eigenvalue weighted by atomic mass is 10.2. The minimum atomic E-state index is 0.226. The fraction of sp³-hybridized carbons (Fsp3) is 0.611. The van der Waals surface area contributed by atoms with Crippen molar-refractivity contribution < 1.29 is 9.53 Å². The topological polar surface area (TPSA) is 32.8 Å². The highest BCUT2D eigenvalue weighted by Crippen LogP contribution is 2.23. The first-order valence-electron chi connectivity index (χ1n) is 8.60. The number of benzene rings is 1. The van der Waals surface area contributed by atoms with Crippen LogP contribution in [0.2, 0.25) is 0 Å². The highest BCUT2D eigenvalue weighted by atomic mass is 32.2. The molecule has 2 fully saturated rings. The van der Waals surface area contributed by atoms with Crippen LogP contribution in [0.1, 0.15) is 19.3 Å². The Morgan fingerprint density at radius 2 is 2.04 bits per heavy atom. The number of hydrogen-bond acceptors (Lipinski definition) is 4. The summed E-state index contributed by atoms with van der Waals surface area (Å²) in [5, 5.41) is 0. The molecule has 2 saturated heterocycles. The number of hydrogen-bond donors (Lipinski definition) is 0. The molecule has 1 unspecified atom stereocenters. The molecule has 4 nitrogen and oxygen atoms in total. The fourth-order valence-corrected chi connectivity index (χ4v) is 4.55. The molecular formula is C18H26N2O2S. The van der Waals surface area contributed by atoms with Crippen molar-refractivity contribution in [3.63, 3.8) is 0 Å². The molecule has 0 N–H and O–H groups in total. The van der Waals surface area contributed by atoms with Crippen LogP contribution in [-0.2, 0) is 4.79 Å². The third-order valence-corrected chi connectivity index (χ3v) is 5.78. The zero-order valence-electron chi connectivity index (χ0n) is 13.7. The standard InChI is InChI=1S/C18H26N2O2S/c21-18(7-13-22-17-5-2-1-3-6-17)20-10-4-9-19(11-12-20)16-8-14-23-15-16/h1-3,5-6,16H,4,7-15H2. The van der Waals surface area contributed by atoms with Gasteiger partial charge in [0.05, 0.1) is 13.0 Å². The van der Waals surface area contributed by atoms with Gasteiger partial charge < -0.3 is 9.64 Å². The monoisotopic (exact) mass is 334 g/mol. The minimum Gasteiger partial charge on any atom is -0.493 e. The molecule has 2 aliphatic heterocycles. The van der Waals surface area contributed by atoms with Crippen molar-refractivity contribution in [3.8, 4) is 5.75 Å². The van der Waals surface area contributed by atoms with Crippen LogP contribution in [0, 0.1) is 0 Å². The summed E-state index contributed by atoms with van der Waals surface area (Å²) in [7, 11) is 0. The van der Waals surface area contributed by atoms with Crippen molar-refractivity contribution in [2.75, 3.05) is 44.3 Å². The first kappa shape index (κ1) is 16.7. The van der Waals surface area contributed by atoms with Crippen LogP contribution in [0.4, 0.5) is 0 Å². The van der Waals surface area contributed by atoms with Crippen LogP contribution in [0.5, 0.6) is 5.75 Å². The number of amides is 1. The Balaban J connectivity index is 1.41. The summed E-state index contributed by atoms with van der Waals surface area (Å²) in [6.45, 7) is 4.38. The van der Waals surface area contributed by atoms with Crippen molar-refractivity contribution in [1.82, 2.24) is 9.80 Å². The Morgan fingerprint density at radius 3 is 2.83 bits per heavy atom. The molecule has 1 aromatic carbocycles. The van der Waals surface area contributed by atoms with Gasteiger partial charge in [-0.2, -0.15) is 11.8 Å². The van der Waals surface area contributed by atoms with Crippen molar-refractivity contribution in [3.05, 3.63) is 30.3 Å². The van der Waals surface area contributed by atoms with Gasteiger partial charge in [-0.05, 0) is 30.7 Å². The van der Waals surface area contributed by atoms with Gasteiger partial charge in [0.25, 0.3) is 0 Å². The van der Waals surface area contributed by atoms with Crippen molar-refractivity contribution >= 4 is 17.7 Å². The number of rotatable bonds is 5. The Morgan fingerprint density at radius 1 is 1.17 bits per heavy atom. The predicted octanol–water partition coefficient (Wildman–Crippen LogP) is 2.50. The number of carbonyl (C=O) groups is 1. The van der Waals surface area contributed by atoms with Gasteiger partial charge in [0.2, 0.25) is 5.91 Å². The molecule has 5 heteroatoms. The van der Waals surface area contributed by atoms with E-state index < -0.39 is 0 Å². The summed E-state index contributed by atoms with van der Waals surface area (Å²) >= 11 is 2.06. The minimum absolute atomic E-state index is 0.226. The van der Waals surface area contributed by atoms with E-state index >= 15 is 0 Å². The Hall–Kier alpha value is -1.20. The number of nitrogens with zero attached hydrogens (tertiary/aromatic N) is 2. The fourth-order valence-electron chi connectivity index (χ4n) is 3.29. The van der Waals surface area contributed by atoms with Crippen LogP contribution in [0.15, 0.2) is 30.3 Å². The Bertz CT molecular complexity index is 491. The molecule has 23 heavy (non-hydrogen) atoms. The largest absolute Gasteiger partial charge is 0.493 e. The van der Waals surface area contributed by atoms with Crippen molar-refractivity contribution in [2.45, 2.75) is 25.3 Å². The molecule has 2 heterocycles. The molecule has 3 rings (SSSR count). The summed E-state index contributed by atoms with van der Waals surface area (Å²) in [5.41, 5.74) is 0. The molecule has 0 aromatic heterocycles. The maximum Gasteiger partial charge on any atom is 0.226 e. The Kier molecular flexibility index (Phi) is 6.22. The first-order valence-corrected chi connectivity index (χ1v) is 9.76. The zero-order valence-corrected chi connectivity index (χ0v) is 14.5. The average Bonchev–Trinajstić information content (AvgIpc) is 3.00. The molecule has 2 aliphatic rings. The van der Waals surface area contributed by atoms with Crippen molar-refractivity contribution in [1.29, 1.82) is 0 Å². The van der Waals surface area contributed by atoms with Crippen LogP contribution < -0.4 is 4.74 Å². The number of ether oxygens (including phenoxy) is 1. The maximum atomic E-state index is 12.4. The van der Waals surface area contributed by atoms with E-state index in [2.05, 4.69) is 16.7 Å². The van der Waals surface area contributed by atoms with E-state index in [-0.39, 0.29) is 5.91 Å². The SMILES string of the molecule is O=C(CCOc1ccccc1)N1CCCN(C2CCSC2)CC1. The maximum absolute atomic E-state index is 12.4. The quantitative estimate of drug-likeness (QED) is 0.828. The third-order valence-electron chi connectivity index (χ3n) is 4.63. The lowest BCUT2D eigenvalue weighted by Crippen LogP contribution is -2.39. The van der Waals surface area contributed by atoms with Crippen LogP contribution in [-0.4, -0.2) is 66.0 Å². The first-order chi connectivity index (χ1) is 11.3. The zero-order chi connectivity index (χ0) is 15.9. The third kappa shape index (κ3) is 4.88. The highest BCUT2D eigenvalue weighted by molar-refractivity contribution is 7.99. The van der Waals surface area contributed by atoms with E-state index in [1.807, 2.05) is 35.2 Å². The molecule has 0 aliphatic carbocycles. The van der Waals surface area contributed by atoms with Gasteiger partial charge in [-0.25, -0.2) is 0 Å². The molecule has 0 radical (unpaired) electrons. The molecule has 0 saturated carbocycles. The summed E-state index contributed by atoms with van der Waals surface area (Å²) in [5.74, 6) is 3.61. The van der Waals surface area contributed by atoms with E-state index in [9.17, 15) is 4.79 Å². The van der Waals surface area contributed by atoms with E-state index in [1.165, 1.54) is 17.9 Å². The van der Waals surface area contributed by atoms with E-state index in [4.69, 9.17) is 4.74 Å². The lowest BCUT2D eigenvalue weighted by Gasteiger charge is -2.26. The van der Waals surface area contributed by atoms with E-state index in [0.717, 1.165) is 44.4 Å². The normalized spacial score (nSPS) is 22.8. The smallest absolute Gasteiger partial charge is 0.226 e. The van der Waals surface area contributed by atoms with Crippen LogP contribution >= 0.6 is 11.8 Å². The molecule has 0 spiro atoms. The van der Waals surface area contributed by atoms with Gasteiger partial charge in [0.15, 0.2) is 0 Å². The van der Waals surface area contributed by atoms with Gasteiger partial charge in [-0.1, -0.05) is 18.2 Å². The van der Waals surface area contributed by atoms with Gasteiger partial charge in [-0.15, -0.1) is 0 Å². The van der Waals surface area contributed by atoms with Gasteiger partial charge in [0, 0.05) is 38.0 Å². The second kappa shape index (κ2) is 8.60. The van der Waals surface area contributed by atoms with Crippen LogP contribution in [0.25, 0.3) is 0 Å². The molecule has 1 atom stereocenters. The van der Waals surface area contributed by atoms with Gasteiger partial charge in [0.1, 0.15) is 5.75 Å². The summed E-state index contributed by atoms with van der Waals surface area (Å²) in [6.07, 6.45) is 2.87. The number of thioether (sulfide) groups is 1. The van der Waals surface area contributed by atoms with Crippen LogP contribution in [0.3, 0.4) is 0 Å². The molecule has 0 bridgehead atoms. The summed E-state index contributed by atoms with van der Waals surface area (Å²) < 4.78 is 5.64. The van der Waals surface area contributed by atoms with Gasteiger partial charge in [-0.3, -0.25) is 9.69 Å². The highest BCUT2D eigenvalue weighted by Gasteiger charge is 2.26. The van der Waals surface area contributed by atoms with E-state index in [1.54, 1.807) is 0 Å². The second-order valence-electron chi connectivity index (χ2n) is 6.20. The number of carbonyl (C=O) groups excluding carboxylic acids is 1. The predicted molar refractivity (Wildman–Crippen MR) is 95.1 cm³/mol. The molecule has 1 aromatic rings. The van der Waals surface area contributed by atoms with Crippen molar-refractivity contribution in [2.24, 2.45) is 0 Å². The molecule has 126 valence electrons. The van der Waals surface area contributed by atoms with Gasteiger partial charge >= 0.3 is 0 Å². The number of para-hydroxylation sites is 1.